The number of rotatable bonds is 3. The minimum atomic E-state index is -0.283. The fourth-order valence-electron chi connectivity index (χ4n) is 3.38. The average molecular weight is 330 g/mol. The average Bonchev–Trinajstić information content (AvgIpc) is 3.23. The Bertz CT molecular complexity index is 742. The van der Waals surface area contributed by atoms with E-state index in [0.29, 0.717) is 17.9 Å². The van der Waals surface area contributed by atoms with Crippen LogP contribution in [-0.2, 0) is 6.54 Å². The quantitative estimate of drug-likeness (QED) is 0.904. The van der Waals surface area contributed by atoms with E-state index in [1.807, 2.05) is 16.8 Å². The summed E-state index contributed by atoms with van der Waals surface area (Å²) in [5.74, 6) is 0.0343. The highest BCUT2D eigenvalue weighted by molar-refractivity contribution is 7.08. The van der Waals surface area contributed by atoms with Gasteiger partial charge in [0.1, 0.15) is 0 Å². The van der Waals surface area contributed by atoms with Crippen molar-refractivity contribution in [3.63, 3.8) is 0 Å². The van der Waals surface area contributed by atoms with E-state index in [0.717, 1.165) is 42.5 Å². The van der Waals surface area contributed by atoms with Crippen molar-refractivity contribution < 1.29 is 4.39 Å². The van der Waals surface area contributed by atoms with E-state index in [2.05, 4.69) is 15.3 Å². The number of halogens is 1. The molecule has 1 aliphatic heterocycles. The number of nitrogens with one attached hydrogen (secondary N) is 1. The van der Waals surface area contributed by atoms with Gasteiger partial charge >= 0.3 is 0 Å². The number of thiophene rings is 1. The molecule has 23 heavy (non-hydrogen) atoms. The standard InChI is InChI=1S/C17H19FN4S/c18-15-11-7-20-8-12(11)16(10-5-6-23-9-10)22-17(15)21-14-4-2-1-3-13(14)19/h5-6,8-9,13-14H,1-4,7,19H2,(H,21,22)/t13-,14+/m0/s1. The van der Waals surface area contributed by atoms with Crippen LogP contribution >= 0.6 is 11.3 Å². The third kappa shape index (κ3) is 2.66. The normalized spacial score (nSPS) is 23.0. The Hall–Kier alpha value is -1.79. The predicted octanol–water partition coefficient (Wildman–Crippen LogP) is 3.56. The largest absolute Gasteiger partial charge is 0.363 e. The molecule has 1 fully saturated rings. The molecule has 0 saturated heterocycles. The highest BCUT2D eigenvalue weighted by atomic mass is 32.1. The monoisotopic (exact) mass is 330 g/mol. The molecule has 0 bridgehead atoms. The van der Waals surface area contributed by atoms with Gasteiger partial charge in [-0.2, -0.15) is 11.3 Å². The molecule has 3 N–H and O–H groups in total. The molecular formula is C17H19FN4S. The number of anilines is 1. The first-order valence-electron chi connectivity index (χ1n) is 8.01. The summed E-state index contributed by atoms with van der Waals surface area (Å²) < 4.78 is 14.8. The van der Waals surface area contributed by atoms with Gasteiger partial charge in [-0.15, -0.1) is 0 Å². The van der Waals surface area contributed by atoms with Crippen LogP contribution in [0.1, 0.15) is 36.8 Å². The molecule has 0 spiro atoms. The van der Waals surface area contributed by atoms with Crippen molar-refractivity contribution in [1.82, 2.24) is 4.98 Å². The van der Waals surface area contributed by atoms with Crippen molar-refractivity contribution in [2.45, 2.75) is 44.3 Å². The molecule has 2 aliphatic rings. The van der Waals surface area contributed by atoms with Crippen LogP contribution in [0.2, 0.25) is 0 Å². The van der Waals surface area contributed by atoms with Crippen molar-refractivity contribution in [1.29, 1.82) is 0 Å². The maximum Gasteiger partial charge on any atom is 0.171 e. The van der Waals surface area contributed by atoms with E-state index in [4.69, 9.17) is 5.73 Å². The maximum absolute atomic E-state index is 14.8. The first-order valence-corrected chi connectivity index (χ1v) is 8.95. The summed E-state index contributed by atoms with van der Waals surface area (Å²) in [5.41, 5.74) is 9.44. The SMILES string of the molecule is N[C@H]1CCCC[C@H]1Nc1nc(-c2ccsc2)c2c(c1F)CN=C2. The lowest BCUT2D eigenvalue weighted by Gasteiger charge is -2.30. The molecule has 1 aliphatic carbocycles. The maximum atomic E-state index is 14.8. The minimum absolute atomic E-state index is 0.0547. The van der Waals surface area contributed by atoms with Crippen molar-refractivity contribution in [2.24, 2.45) is 10.7 Å². The molecule has 0 radical (unpaired) electrons. The van der Waals surface area contributed by atoms with Crippen LogP contribution in [0.15, 0.2) is 21.8 Å². The fourth-order valence-corrected chi connectivity index (χ4v) is 4.02. The van der Waals surface area contributed by atoms with Gasteiger partial charge in [0, 0.05) is 40.4 Å². The molecule has 1 saturated carbocycles. The summed E-state index contributed by atoms with van der Waals surface area (Å²) in [7, 11) is 0. The number of aliphatic imine (C=N–C) groups is 1. The number of pyridine rings is 1. The molecule has 2 atom stereocenters. The number of fused-ring (bicyclic) bond motifs is 1. The van der Waals surface area contributed by atoms with E-state index in [9.17, 15) is 4.39 Å². The molecule has 0 aromatic carbocycles. The third-order valence-corrected chi connectivity index (χ3v) is 5.37. The van der Waals surface area contributed by atoms with E-state index in [1.54, 1.807) is 17.6 Å². The molecular weight excluding hydrogens is 311 g/mol. The lowest BCUT2D eigenvalue weighted by molar-refractivity contribution is 0.402. The van der Waals surface area contributed by atoms with Gasteiger partial charge in [0.2, 0.25) is 0 Å². The molecule has 6 heteroatoms. The topological polar surface area (TPSA) is 63.3 Å². The zero-order valence-corrected chi connectivity index (χ0v) is 13.6. The Kier molecular flexibility index (Phi) is 3.87. The highest BCUT2D eigenvalue weighted by Crippen LogP contribution is 2.33. The zero-order chi connectivity index (χ0) is 15.8. The predicted molar refractivity (Wildman–Crippen MR) is 92.7 cm³/mol. The zero-order valence-electron chi connectivity index (χ0n) is 12.8. The van der Waals surface area contributed by atoms with Crippen LogP contribution in [0.4, 0.5) is 10.2 Å². The molecule has 2 aromatic rings. The number of hydrogen-bond donors (Lipinski definition) is 2. The van der Waals surface area contributed by atoms with E-state index >= 15 is 0 Å². The lowest BCUT2D eigenvalue weighted by Crippen LogP contribution is -2.43. The van der Waals surface area contributed by atoms with Gasteiger partial charge in [-0.25, -0.2) is 9.37 Å². The van der Waals surface area contributed by atoms with E-state index < -0.39 is 0 Å². The molecule has 0 unspecified atom stereocenters. The number of nitrogens with zero attached hydrogens (tertiary/aromatic N) is 2. The highest BCUT2D eigenvalue weighted by Gasteiger charge is 2.27. The Labute approximate surface area is 138 Å². The number of hydrogen-bond acceptors (Lipinski definition) is 5. The van der Waals surface area contributed by atoms with Gasteiger partial charge < -0.3 is 11.1 Å². The summed E-state index contributed by atoms with van der Waals surface area (Å²) >= 11 is 1.61. The lowest BCUT2D eigenvalue weighted by atomic mass is 9.91. The van der Waals surface area contributed by atoms with Crippen LogP contribution in [0, 0.1) is 5.82 Å². The van der Waals surface area contributed by atoms with Gasteiger partial charge in [0.25, 0.3) is 0 Å². The third-order valence-electron chi connectivity index (χ3n) is 4.68. The molecule has 120 valence electrons. The number of aromatic nitrogens is 1. The molecule has 0 amide bonds. The summed E-state index contributed by atoms with van der Waals surface area (Å²) in [6.07, 6.45) is 5.94. The van der Waals surface area contributed by atoms with Gasteiger partial charge in [0.05, 0.1) is 12.2 Å². The smallest absolute Gasteiger partial charge is 0.171 e. The second kappa shape index (κ2) is 6.02. The van der Waals surface area contributed by atoms with Crippen LogP contribution in [0.3, 0.4) is 0 Å². The Morgan fingerprint density at radius 1 is 1.30 bits per heavy atom. The van der Waals surface area contributed by atoms with Gasteiger partial charge in [-0.1, -0.05) is 12.8 Å². The first kappa shape index (κ1) is 14.8. The molecule has 4 nitrogen and oxygen atoms in total. The molecule has 4 rings (SSSR count). The van der Waals surface area contributed by atoms with E-state index in [-0.39, 0.29) is 17.9 Å². The second-order valence-corrected chi connectivity index (χ2v) is 6.98. The van der Waals surface area contributed by atoms with Gasteiger partial charge in [-0.3, -0.25) is 4.99 Å². The van der Waals surface area contributed by atoms with Crippen molar-refractivity contribution >= 4 is 23.4 Å². The summed E-state index contributed by atoms with van der Waals surface area (Å²) in [6.45, 7) is 0.381. The number of nitrogens with two attached hydrogens (primary N) is 1. The minimum Gasteiger partial charge on any atom is -0.363 e. The van der Waals surface area contributed by atoms with Crippen LogP contribution in [0.25, 0.3) is 11.3 Å². The van der Waals surface area contributed by atoms with Gasteiger partial charge in [0.15, 0.2) is 11.6 Å². The summed E-state index contributed by atoms with van der Waals surface area (Å²) in [6, 6.07) is 2.15. The fraction of sp³-hybridized carbons (Fsp3) is 0.412. The Morgan fingerprint density at radius 2 is 2.17 bits per heavy atom. The summed E-state index contributed by atoms with van der Waals surface area (Å²) in [4.78, 5) is 8.82. The van der Waals surface area contributed by atoms with Crippen LogP contribution in [0.5, 0.6) is 0 Å². The van der Waals surface area contributed by atoms with Crippen molar-refractivity contribution in [2.75, 3.05) is 5.32 Å². The molecule has 3 heterocycles. The van der Waals surface area contributed by atoms with Crippen LogP contribution in [-0.4, -0.2) is 23.3 Å². The summed E-state index contributed by atoms with van der Waals surface area (Å²) in [5, 5.41) is 7.30. The second-order valence-electron chi connectivity index (χ2n) is 6.20. The van der Waals surface area contributed by atoms with Crippen LogP contribution < -0.4 is 11.1 Å². The van der Waals surface area contributed by atoms with E-state index in [1.165, 1.54) is 0 Å². The molecule has 2 aromatic heterocycles. The Balaban J connectivity index is 1.74. The van der Waals surface area contributed by atoms with Crippen molar-refractivity contribution in [3.8, 4) is 11.3 Å². The van der Waals surface area contributed by atoms with Crippen molar-refractivity contribution in [3.05, 3.63) is 33.8 Å². The first-order chi connectivity index (χ1) is 11.2. The van der Waals surface area contributed by atoms with Gasteiger partial charge in [-0.05, 0) is 24.3 Å². The Morgan fingerprint density at radius 3 is 2.96 bits per heavy atom.